The van der Waals surface area contributed by atoms with E-state index in [1.165, 1.54) is 18.2 Å². The Kier molecular flexibility index (Phi) is 4.53. The molecule has 0 unspecified atom stereocenters. The summed E-state index contributed by atoms with van der Waals surface area (Å²) in [6.07, 6.45) is 0. The largest absolute Gasteiger partial charge is 1.00 e. The summed E-state index contributed by atoms with van der Waals surface area (Å²) in [6.45, 7) is 0. The van der Waals surface area contributed by atoms with E-state index in [4.69, 9.17) is 0 Å². The number of nitro groups is 2. The van der Waals surface area contributed by atoms with Crippen LogP contribution in [0, 0.1) is 20.2 Å². The van der Waals surface area contributed by atoms with Crippen LogP contribution < -0.4 is 29.6 Å². The van der Waals surface area contributed by atoms with Gasteiger partial charge in [-0.3, -0.25) is 20.2 Å². The molecule has 6 nitrogen and oxygen atoms in total. The molecular weight excluding hydrogens is 187 g/mol. The number of benzene rings is 1. The number of nitro benzene ring substituents is 2. The third-order valence-electron chi connectivity index (χ3n) is 1.25. The maximum Gasteiger partial charge on any atom is 1.00 e. The smallest absolute Gasteiger partial charge is 1.00 e. The zero-order valence-electron chi connectivity index (χ0n) is 7.84. The average molecular weight is 192 g/mol. The molecule has 0 N–H and O–H groups in total. The number of hydrogen-bond donors (Lipinski definition) is 0. The summed E-state index contributed by atoms with van der Waals surface area (Å²) in [4.78, 5) is 19.0. The first kappa shape index (κ1) is 12.0. The topological polar surface area (TPSA) is 86.3 Å². The van der Waals surface area contributed by atoms with Gasteiger partial charge in [-0.05, 0) is 6.07 Å². The molecule has 0 fully saturated rings. The molecular formula is C6H5N2NaO4. The zero-order valence-corrected chi connectivity index (χ0v) is 8.84. The van der Waals surface area contributed by atoms with Crippen molar-refractivity contribution >= 4 is 11.4 Å². The Morgan fingerprint density at radius 3 is 1.77 bits per heavy atom. The van der Waals surface area contributed by atoms with E-state index in [0.717, 1.165) is 6.07 Å². The molecule has 0 aliphatic heterocycles. The molecule has 0 heterocycles. The molecule has 0 radical (unpaired) electrons. The van der Waals surface area contributed by atoms with Crippen molar-refractivity contribution in [3.8, 4) is 0 Å². The van der Waals surface area contributed by atoms with Gasteiger partial charge in [0.05, 0.1) is 15.9 Å². The molecule has 0 saturated carbocycles. The Morgan fingerprint density at radius 1 is 1.08 bits per heavy atom. The van der Waals surface area contributed by atoms with E-state index in [1.807, 2.05) is 0 Å². The van der Waals surface area contributed by atoms with Gasteiger partial charge in [0.2, 0.25) is 0 Å². The van der Waals surface area contributed by atoms with Crippen molar-refractivity contribution in [2.24, 2.45) is 0 Å². The first-order valence-electron chi connectivity index (χ1n) is 3.00. The minimum Gasteiger partial charge on any atom is -1.00 e. The van der Waals surface area contributed by atoms with Gasteiger partial charge >= 0.3 is 29.6 Å². The minimum absolute atomic E-state index is 0. The summed E-state index contributed by atoms with van der Waals surface area (Å²) >= 11 is 0. The molecule has 0 bridgehead atoms. The second-order valence-electron chi connectivity index (χ2n) is 2.03. The van der Waals surface area contributed by atoms with Crippen LogP contribution in [-0.2, 0) is 0 Å². The number of nitrogens with zero attached hydrogens (tertiary/aromatic N) is 2. The van der Waals surface area contributed by atoms with E-state index in [0.29, 0.717) is 0 Å². The van der Waals surface area contributed by atoms with Crippen LogP contribution in [0.15, 0.2) is 24.3 Å². The predicted molar refractivity (Wildman–Crippen MR) is 40.9 cm³/mol. The van der Waals surface area contributed by atoms with Gasteiger partial charge in [0.1, 0.15) is 0 Å². The van der Waals surface area contributed by atoms with E-state index < -0.39 is 9.85 Å². The Morgan fingerprint density at radius 2 is 1.46 bits per heavy atom. The molecule has 13 heavy (non-hydrogen) atoms. The van der Waals surface area contributed by atoms with Crippen LogP contribution in [0.5, 0.6) is 0 Å². The Bertz CT molecular complexity index is 317. The fraction of sp³-hybridized carbons (Fsp3) is 0. The van der Waals surface area contributed by atoms with Crippen molar-refractivity contribution < 1.29 is 40.8 Å². The Labute approximate surface area is 96.6 Å². The van der Waals surface area contributed by atoms with Crippen LogP contribution >= 0.6 is 0 Å². The van der Waals surface area contributed by atoms with Crippen LogP contribution in [0.3, 0.4) is 0 Å². The summed E-state index contributed by atoms with van der Waals surface area (Å²) in [5.41, 5.74) is -0.548. The molecule has 0 aliphatic rings. The molecule has 64 valence electrons. The first-order valence-corrected chi connectivity index (χ1v) is 3.00. The van der Waals surface area contributed by atoms with E-state index in [9.17, 15) is 20.2 Å². The fourth-order valence-corrected chi connectivity index (χ4v) is 0.720. The number of non-ortho nitro benzene ring substituents is 2. The second-order valence-corrected chi connectivity index (χ2v) is 2.03. The summed E-state index contributed by atoms with van der Waals surface area (Å²) in [6, 6.07) is 4.59. The van der Waals surface area contributed by atoms with Gasteiger partial charge < -0.3 is 1.43 Å². The van der Waals surface area contributed by atoms with Crippen molar-refractivity contribution in [2.45, 2.75) is 0 Å². The average Bonchev–Trinajstić information content (AvgIpc) is 2.04. The van der Waals surface area contributed by atoms with Crippen LogP contribution in [0.1, 0.15) is 1.43 Å². The third kappa shape index (κ3) is 3.10. The SMILES string of the molecule is O=[N+]([O-])c1cccc([N+](=O)[O-])c1.[H-].[Na+]. The minimum atomic E-state index is -0.674. The van der Waals surface area contributed by atoms with Crippen molar-refractivity contribution in [2.75, 3.05) is 0 Å². The molecule has 0 atom stereocenters. The van der Waals surface area contributed by atoms with E-state index >= 15 is 0 Å². The zero-order chi connectivity index (χ0) is 9.14. The van der Waals surface area contributed by atoms with Crippen molar-refractivity contribution in [1.82, 2.24) is 0 Å². The molecule has 0 spiro atoms. The summed E-state index contributed by atoms with van der Waals surface area (Å²) in [5.74, 6) is 0. The summed E-state index contributed by atoms with van der Waals surface area (Å²) < 4.78 is 0. The monoisotopic (exact) mass is 192 g/mol. The third-order valence-corrected chi connectivity index (χ3v) is 1.25. The van der Waals surface area contributed by atoms with Crippen molar-refractivity contribution in [1.29, 1.82) is 0 Å². The van der Waals surface area contributed by atoms with Gasteiger partial charge in [0.25, 0.3) is 11.4 Å². The number of hydrogen-bond acceptors (Lipinski definition) is 4. The molecule has 0 aliphatic carbocycles. The Balaban J connectivity index is 0. The normalized spacial score (nSPS) is 8.62. The van der Waals surface area contributed by atoms with Crippen LogP contribution in [0.25, 0.3) is 0 Å². The molecule has 1 aromatic carbocycles. The van der Waals surface area contributed by atoms with Gasteiger partial charge in [-0.2, -0.15) is 0 Å². The van der Waals surface area contributed by atoms with Crippen LogP contribution in [0.4, 0.5) is 11.4 Å². The second kappa shape index (κ2) is 4.90. The Hall–Kier alpha value is -0.980. The van der Waals surface area contributed by atoms with Gasteiger partial charge in [0, 0.05) is 12.1 Å². The van der Waals surface area contributed by atoms with E-state index in [2.05, 4.69) is 0 Å². The molecule has 0 saturated heterocycles. The number of rotatable bonds is 2. The first-order chi connectivity index (χ1) is 5.61. The van der Waals surface area contributed by atoms with Crippen LogP contribution in [-0.4, -0.2) is 9.85 Å². The molecule has 0 amide bonds. The standard InChI is InChI=1S/C6H4N2O4.Na.H/c9-7(10)5-2-1-3-6(4-5)8(11)12;;/h1-4H;;/q;+1;-1. The van der Waals surface area contributed by atoms with Gasteiger partial charge in [-0.15, -0.1) is 0 Å². The van der Waals surface area contributed by atoms with E-state index in [1.54, 1.807) is 0 Å². The van der Waals surface area contributed by atoms with E-state index in [-0.39, 0.29) is 42.4 Å². The van der Waals surface area contributed by atoms with Crippen molar-refractivity contribution in [3.05, 3.63) is 44.5 Å². The quantitative estimate of drug-likeness (QED) is 0.328. The summed E-state index contributed by atoms with van der Waals surface area (Å²) in [7, 11) is 0. The van der Waals surface area contributed by atoms with Crippen molar-refractivity contribution in [3.63, 3.8) is 0 Å². The van der Waals surface area contributed by atoms with Gasteiger partial charge in [0.15, 0.2) is 0 Å². The van der Waals surface area contributed by atoms with Crippen LogP contribution in [0.2, 0.25) is 0 Å². The van der Waals surface area contributed by atoms with Gasteiger partial charge in [-0.25, -0.2) is 0 Å². The molecule has 7 heteroatoms. The molecule has 1 rings (SSSR count). The predicted octanol–water partition coefficient (Wildman–Crippen LogP) is -1.38. The molecule has 0 aromatic heterocycles. The maximum atomic E-state index is 10.2. The fourth-order valence-electron chi connectivity index (χ4n) is 0.720. The van der Waals surface area contributed by atoms with Gasteiger partial charge in [-0.1, -0.05) is 0 Å². The maximum absolute atomic E-state index is 10.2. The molecule has 1 aromatic rings. The summed E-state index contributed by atoms with van der Waals surface area (Å²) in [5, 5.41) is 20.3.